The molecule has 1 aliphatic heterocycles. The third-order valence-electron chi connectivity index (χ3n) is 4.42. The van der Waals surface area contributed by atoms with Gasteiger partial charge in [0.1, 0.15) is 5.69 Å². The maximum Gasteiger partial charge on any atom is 0.272 e. The SMILES string of the molecule is CC(=O)Nc1ccc(Nc2ccnc(C(=O)N3CCCC(C)C3)c2)cc1. The average Bonchev–Trinajstić information content (AvgIpc) is 2.62. The van der Waals surface area contributed by atoms with Gasteiger partial charge in [-0.15, -0.1) is 0 Å². The molecule has 0 saturated carbocycles. The molecule has 0 spiro atoms. The molecule has 1 saturated heterocycles. The second-order valence-corrected chi connectivity index (χ2v) is 6.81. The van der Waals surface area contributed by atoms with Crippen LogP contribution in [0.5, 0.6) is 0 Å². The fraction of sp³-hybridized carbons (Fsp3) is 0.350. The van der Waals surface area contributed by atoms with Gasteiger partial charge in [-0.1, -0.05) is 6.92 Å². The topological polar surface area (TPSA) is 74.3 Å². The van der Waals surface area contributed by atoms with Gasteiger partial charge in [-0.2, -0.15) is 0 Å². The minimum atomic E-state index is -0.102. The Morgan fingerprint density at radius 1 is 1.12 bits per heavy atom. The van der Waals surface area contributed by atoms with E-state index in [1.54, 1.807) is 12.3 Å². The van der Waals surface area contributed by atoms with Gasteiger partial charge in [0.15, 0.2) is 0 Å². The Morgan fingerprint density at radius 2 is 1.85 bits per heavy atom. The van der Waals surface area contributed by atoms with Gasteiger partial charge in [-0.05, 0) is 55.2 Å². The Hall–Kier alpha value is -2.89. The standard InChI is InChI=1S/C20H24N4O2/c1-14-4-3-11-24(13-14)20(26)19-12-18(9-10-21-19)23-17-7-5-16(6-8-17)22-15(2)25/h5-10,12,14H,3-4,11,13H2,1-2H3,(H,21,23)(H,22,25). The molecular weight excluding hydrogens is 328 g/mol. The van der Waals surface area contributed by atoms with E-state index >= 15 is 0 Å². The lowest BCUT2D eigenvalue weighted by atomic mass is 10.00. The van der Waals surface area contributed by atoms with Crippen LogP contribution in [0.1, 0.15) is 37.2 Å². The maximum atomic E-state index is 12.7. The van der Waals surface area contributed by atoms with E-state index in [1.807, 2.05) is 35.2 Å². The van der Waals surface area contributed by atoms with Crippen molar-refractivity contribution >= 4 is 28.9 Å². The molecule has 1 aliphatic rings. The summed E-state index contributed by atoms with van der Waals surface area (Å²) in [5, 5.41) is 6.00. The summed E-state index contributed by atoms with van der Waals surface area (Å²) in [6.07, 6.45) is 3.87. The number of carbonyl (C=O) groups excluding carboxylic acids is 2. The van der Waals surface area contributed by atoms with E-state index in [0.717, 1.165) is 36.6 Å². The number of nitrogens with zero attached hydrogens (tertiary/aromatic N) is 2. The van der Waals surface area contributed by atoms with Gasteiger partial charge >= 0.3 is 0 Å². The summed E-state index contributed by atoms with van der Waals surface area (Å²) in [4.78, 5) is 29.9. The fourth-order valence-corrected chi connectivity index (χ4v) is 3.17. The molecule has 1 unspecified atom stereocenters. The molecule has 1 aromatic heterocycles. The van der Waals surface area contributed by atoms with Crippen LogP contribution in [-0.2, 0) is 4.79 Å². The monoisotopic (exact) mass is 352 g/mol. The van der Waals surface area contributed by atoms with Crippen LogP contribution in [0.3, 0.4) is 0 Å². The maximum absolute atomic E-state index is 12.7. The van der Waals surface area contributed by atoms with Gasteiger partial charge in [-0.3, -0.25) is 14.6 Å². The lowest BCUT2D eigenvalue weighted by molar-refractivity contribution is -0.114. The molecule has 2 amide bonds. The zero-order valence-corrected chi connectivity index (χ0v) is 15.2. The lowest BCUT2D eigenvalue weighted by Gasteiger charge is -2.30. The van der Waals surface area contributed by atoms with Crippen LogP contribution in [0.2, 0.25) is 0 Å². The van der Waals surface area contributed by atoms with E-state index in [0.29, 0.717) is 11.6 Å². The van der Waals surface area contributed by atoms with Gasteiger partial charge in [0.05, 0.1) is 0 Å². The second kappa shape index (κ2) is 7.99. The van der Waals surface area contributed by atoms with Crippen molar-refractivity contribution in [3.05, 3.63) is 48.3 Å². The van der Waals surface area contributed by atoms with Crippen molar-refractivity contribution in [3.63, 3.8) is 0 Å². The number of amides is 2. The van der Waals surface area contributed by atoms with Gasteiger partial charge in [0, 0.05) is 43.3 Å². The molecule has 26 heavy (non-hydrogen) atoms. The number of rotatable bonds is 4. The van der Waals surface area contributed by atoms with Crippen LogP contribution in [0, 0.1) is 5.92 Å². The molecule has 6 heteroatoms. The zero-order valence-electron chi connectivity index (χ0n) is 15.2. The molecule has 0 bridgehead atoms. The third kappa shape index (κ3) is 4.59. The summed E-state index contributed by atoms with van der Waals surface area (Å²) in [7, 11) is 0. The Kier molecular flexibility index (Phi) is 5.51. The van der Waals surface area contributed by atoms with Crippen molar-refractivity contribution in [3.8, 4) is 0 Å². The van der Waals surface area contributed by atoms with Crippen molar-refractivity contribution < 1.29 is 9.59 Å². The summed E-state index contributed by atoms with van der Waals surface area (Å²) in [6.45, 7) is 5.25. The normalized spacial score (nSPS) is 16.8. The van der Waals surface area contributed by atoms with E-state index < -0.39 is 0 Å². The molecule has 136 valence electrons. The summed E-state index contributed by atoms with van der Waals surface area (Å²) >= 11 is 0. The van der Waals surface area contributed by atoms with Crippen molar-refractivity contribution in [2.24, 2.45) is 5.92 Å². The van der Waals surface area contributed by atoms with E-state index in [1.165, 1.54) is 13.3 Å². The Labute approximate surface area is 153 Å². The predicted octanol–water partition coefficient (Wildman–Crippen LogP) is 3.66. The van der Waals surface area contributed by atoms with Crippen LogP contribution in [0.4, 0.5) is 17.1 Å². The van der Waals surface area contributed by atoms with E-state index in [-0.39, 0.29) is 11.8 Å². The number of nitrogens with one attached hydrogen (secondary N) is 2. The highest BCUT2D eigenvalue weighted by atomic mass is 16.2. The molecule has 3 rings (SSSR count). The summed E-state index contributed by atoms with van der Waals surface area (Å²) in [5.74, 6) is 0.423. The molecule has 2 N–H and O–H groups in total. The van der Waals surface area contributed by atoms with Crippen LogP contribution < -0.4 is 10.6 Å². The highest BCUT2D eigenvalue weighted by Crippen LogP contribution is 2.21. The van der Waals surface area contributed by atoms with E-state index in [4.69, 9.17) is 0 Å². The summed E-state index contributed by atoms with van der Waals surface area (Å²) < 4.78 is 0. The van der Waals surface area contributed by atoms with Crippen molar-refractivity contribution in [1.82, 2.24) is 9.88 Å². The van der Waals surface area contributed by atoms with Gasteiger partial charge in [-0.25, -0.2) is 0 Å². The molecule has 1 atom stereocenters. The minimum Gasteiger partial charge on any atom is -0.355 e. The number of carbonyl (C=O) groups is 2. The Balaban J connectivity index is 1.69. The second-order valence-electron chi connectivity index (χ2n) is 6.81. The van der Waals surface area contributed by atoms with Crippen molar-refractivity contribution in [1.29, 1.82) is 0 Å². The number of likely N-dealkylation sites (tertiary alicyclic amines) is 1. The molecule has 1 aromatic carbocycles. The van der Waals surface area contributed by atoms with E-state index in [2.05, 4.69) is 22.5 Å². The number of hydrogen-bond donors (Lipinski definition) is 2. The predicted molar refractivity (Wildman–Crippen MR) is 103 cm³/mol. The number of benzene rings is 1. The molecule has 0 aliphatic carbocycles. The third-order valence-corrected chi connectivity index (χ3v) is 4.42. The van der Waals surface area contributed by atoms with Gasteiger partial charge in [0.25, 0.3) is 5.91 Å². The minimum absolute atomic E-state index is 0.0128. The fourth-order valence-electron chi connectivity index (χ4n) is 3.17. The molecule has 0 radical (unpaired) electrons. The molecule has 6 nitrogen and oxygen atoms in total. The van der Waals surface area contributed by atoms with Gasteiger partial charge in [0.2, 0.25) is 5.91 Å². The molecular formula is C20H24N4O2. The summed E-state index contributed by atoms with van der Waals surface area (Å²) in [6, 6.07) is 11.0. The zero-order chi connectivity index (χ0) is 18.5. The Bertz CT molecular complexity index is 789. The first-order valence-electron chi connectivity index (χ1n) is 8.91. The van der Waals surface area contributed by atoms with Crippen molar-refractivity contribution in [2.45, 2.75) is 26.7 Å². The molecule has 1 fully saturated rings. The first-order valence-corrected chi connectivity index (χ1v) is 8.91. The highest BCUT2D eigenvalue weighted by molar-refractivity contribution is 5.93. The van der Waals surface area contributed by atoms with Crippen LogP contribution in [-0.4, -0.2) is 34.8 Å². The van der Waals surface area contributed by atoms with E-state index in [9.17, 15) is 9.59 Å². The highest BCUT2D eigenvalue weighted by Gasteiger charge is 2.22. The van der Waals surface area contributed by atoms with Crippen LogP contribution in [0.25, 0.3) is 0 Å². The van der Waals surface area contributed by atoms with Gasteiger partial charge < -0.3 is 15.5 Å². The quantitative estimate of drug-likeness (QED) is 0.881. The summed E-state index contributed by atoms with van der Waals surface area (Å²) in [5.41, 5.74) is 2.88. The number of hydrogen-bond acceptors (Lipinski definition) is 4. The number of aromatic nitrogens is 1. The average molecular weight is 352 g/mol. The molecule has 2 heterocycles. The lowest BCUT2D eigenvalue weighted by Crippen LogP contribution is -2.39. The Morgan fingerprint density at radius 3 is 2.54 bits per heavy atom. The number of piperidine rings is 1. The van der Waals surface area contributed by atoms with Crippen LogP contribution in [0.15, 0.2) is 42.6 Å². The van der Waals surface area contributed by atoms with Crippen LogP contribution >= 0.6 is 0 Å². The smallest absolute Gasteiger partial charge is 0.272 e. The number of pyridine rings is 1. The number of anilines is 3. The van der Waals surface area contributed by atoms with Crippen molar-refractivity contribution in [2.75, 3.05) is 23.7 Å². The first-order chi connectivity index (χ1) is 12.5. The largest absolute Gasteiger partial charge is 0.355 e. The first kappa shape index (κ1) is 17.9. The molecule has 2 aromatic rings.